The number of allylic oxidation sites excluding steroid dienone is 4. The molecule has 3 aliphatic rings. The number of halogens is 6. The average Bonchev–Trinajstić information content (AvgIpc) is 3.09. The van der Waals surface area contributed by atoms with E-state index >= 15 is 0 Å². The number of carbonyl (C=O) groups excluding carboxylic acids is 3. The van der Waals surface area contributed by atoms with Gasteiger partial charge in [-0.25, -0.2) is 10.3 Å². The zero-order valence-electron chi connectivity index (χ0n) is 26.3. The Morgan fingerprint density at radius 3 is 2.32 bits per heavy atom. The molecule has 0 radical (unpaired) electrons. The van der Waals surface area contributed by atoms with Crippen molar-refractivity contribution in [1.82, 2.24) is 10.8 Å². The van der Waals surface area contributed by atoms with Crippen LogP contribution >= 0.6 is 0 Å². The van der Waals surface area contributed by atoms with Crippen LogP contribution in [0.4, 0.5) is 26.3 Å². The number of amides is 2. The highest BCUT2D eigenvalue weighted by atomic mass is 19.4. The molecule has 2 N–H and O–H groups in total. The number of hydroxylamine groups is 1. The van der Waals surface area contributed by atoms with Crippen LogP contribution in [0.5, 0.6) is 0 Å². The maximum atomic E-state index is 13.3. The lowest BCUT2D eigenvalue weighted by atomic mass is 9.83. The number of rotatable bonds is 10. The predicted octanol–water partition coefficient (Wildman–Crippen LogP) is 6.90. The normalized spacial score (nSPS) is 18.7. The van der Waals surface area contributed by atoms with Gasteiger partial charge < -0.3 is 14.8 Å². The van der Waals surface area contributed by atoms with E-state index in [2.05, 4.69) is 22.3 Å². The van der Waals surface area contributed by atoms with Crippen molar-refractivity contribution < 1.29 is 55.0 Å². The first-order valence-corrected chi connectivity index (χ1v) is 15.5. The number of carbonyl (C=O) groups is 3. The Kier molecular flexibility index (Phi) is 11.3. The smallest absolute Gasteiger partial charge is 0.416 e. The summed E-state index contributed by atoms with van der Waals surface area (Å²) >= 11 is 0. The number of ketones is 1. The summed E-state index contributed by atoms with van der Waals surface area (Å²) in [5, 5.41) is 2.71. The number of alkyl halides is 6. The molecule has 0 bridgehead atoms. The van der Waals surface area contributed by atoms with Gasteiger partial charge in [-0.15, -0.1) is 0 Å². The molecule has 1 saturated heterocycles. The summed E-state index contributed by atoms with van der Waals surface area (Å²) in [6.45, 7) is 0.419. The van der Waals surface area contributed by atoms with Crippen LogP contribution in [0.25, 0.3) is 12.2 Å². The van der Waals surface area contributed by atoms with Crippen LogP contribution in [0.1, 0.15) is 59.9 Å². The van der Waals surface area contributed by atoms with Crippen LogP contribution in [-0.2, 0) is 47.6 Å². The minimum atomic E-state index is -5.01. The SMILES string of the molecule is O=C(/C=C/c1ccc(CNC(=O)COC2=C=C=C3C(=O)/C(=C/c4cc(C(F)(F)F)cc(C(F)(F)F)c4)CCC3=C2)cc1)NOC1CCCCO1. The second-order valence-corrected chi connectivity index (χ2v) is 11.5. The molecule has 2 fully saturated rings. The molecule has 1 atom stereocenters. The zero-order valence-corrected chi connectivity index (χ0v) is 26.3. The van der Waals surface area contributed by atoms with E-state index in [1.807, 2.05) is 0 Å². The second kappa shape index (κ2) is 15.6. The van der Waals surface area contributed by atoms with Crippen LogP contribution in [0, 0.1) is 0 Å². The van der Waals surface area contributed by atoms with Crippen molar-refractivity contribution >= 4 is 29.7 Å². The van der Waals surface area contributed by atoms with Crippen LogP contribution in [0.2, 0.25) is 0 Å². The first kappa shape index (κ1) is 36.2. The first-order valence-electron chi connectivity index (χ1n) is 15.5. The quantitative estimate of drug-likeness (QED) is 0.121. The Labute approximate surface area is 282 Å². The summed E-state index contributed by atoms with van der Waals surface area (Å²) in [7, 11) is 0. The number of Topliss-reactive ketones (excluding diaryl/α,β-unsaturated/α-hetero) is 1. The van der Waals surface area contributed by atoms with Crippen LogP contribution in [0.3, 0.4) is 0 Å². The third-order valence-corrected chi connectivity index (χ3v) is 7.75. The van der Waals surface area contributed by atoms with E-state index in [1.54, 1.807) is 30.3 Å². The van der Waals surface area contributed by atoms with Crippen molar-refractivity contribution in [3.63, 3.8) is 0 Å². The first-order chi connectivity index (χ1) is 23.7. The molecule has 1 saturated carbocycles. The molecule has 2 amide bonds. The Balaban J connectivity index is 1.13. The van der Waals surface area contributed by atoms with Gasteiger partial charge in [0.05, 0.1) is 16.7 Å². The van der Waals surface area contributed by atoms with Gasteiger partial charge >= 0.3 is 12.4 Å². The van der Waals surface area contributed by atoms with Gasteiger partial charge in [-0.05, 0) is 90.1 Å². The molecule has 2 aromatic carbocycles. The summed E-state index contributed by atoms with van der Waals surface area (Å²) in [5.41, 5.74) is 6.35. The van der Waals surface area contributed by atoms with Crippen molar-refractivity contribution in [2.45, 2.75) is 57.3 Å². The lowest BCUT2D eigenvalue weighted by molar-refractivity contribution is -0.198. The topological polar surface area (TPSA) is 103 Å². The molecule has 0 aromatic heterocycles. The molecule has 0 spiro atoms. The largest absolute Gasteiger partial charge is 0.476 e. The van der Waals surface area contributed by atoms with E-state index in [0.29, 0.717) is 30.7 Å². The van der Waals surface area contributed by atoms with Crippen molar-refractivity contribution in [2.24, 2.45) is 0 Å². The van der Waals surface area contributed by atoms with Gasteiger partial charge in [0.2, 0.25) is 0 Å². The van der Waals surface area contributed by atoms with Crippen LogP contribution < -0.4 is 10.8 Å². The molecule has 1 unspecified atom stereocenters. The lowest BCUT2D eigenvalue weighted by Crippen LogP contribution is -2.32. The van der Waals surface area contributed by atoms with E-state index < -0.39 is 52.9 Å². The third-order valence-electron chi connectivity index (χ3n) is 7.75. The average molecular weight is 701 g/mol. The van der Waals surface area contributed by atoms with Crippen LogP contribution in [-0.4, -0.2) is 37.1 Å². The van der Waals surface area contributed by atoms with E-state index in [-0.39, 0.29) is 49.0 Å². The van der Waals surface area contributed by atoms with Crippen molar-refractivity contribution in [2.75, 3.05) is 13.2 Å². The van der Waals surface area contributed by atoms with Crippen molar-refractivity contribution in [1.29, 1.82) is 0 Å². The standard InChI is InChI=1S/C36H30F6N2O6/c37-35(38,39)27-16-24(17-28(19-27)36(40,41)42)15-26-10-9-25-18-29(11-12-30(25)34(26)47)49-21-32(46)43-20-23-6-4-22(5-7-23)8-13-31(45)44-50-33-3-1-2-14-48-33/h4-8,13,15-19,33H,1-3,9-10,14,20-21H2,(H,43,46)(H,44,45)/b13-8+,26-15+. The van der Waals surface area contributed by atoms with Gasteiger partial charge in [0.25, 0.3) is 11.8 Å². The summed E-state index contributed by atoms with van der Waals surface area (Å²) in [4.78, 5) is 42.7. The zero-order chi connectivity index (χ0) is 35.9. The molecule has 14 heteroatoms. The maximum absolute atomic E-state index is 13.3. The molecule has 262 valence electrons. The van der Waals surface area contributed by atoms with E-state index in [4.69, 9.17) is 14.3 Å². The summed E-state index contributed by atoms with van der Waals surface area (Å²) in [6, 6.07) is 8.24. The number of benzene rings is 2. The number of hydrogen-bond donors (Lipinski definition) is 2. The Morgan fingerprint density at radius 2 is 1.66 bits per heavy atom. The van der Waals surface area contributed by atoms with Gasteiger partial charge in [0.1, 0.15) is 0 Å². The Morgan fingerprint density at radius 1 is 0.940 bits per heavy atom. The fraction of sp³-hybridized carbons (Fsp3) is 0.306. The highest BCUT2D eigenvalue weighted by Gasteiger charge is 2.37. The van der Waals surface area contributed by atoms with Gasteiger partial charge in [0.15, 0.2) is 24.4 Å². The van der Waals surface area contributed by atoms with Gasteiger partial charge in [-0.2, -0.15) is 26.3 Å². The fourth-order valence-corrected chi connectivity index (χ4v) is 5.17. The fourth-order valence-electron chi connectivity index (χ4n) is 5.17. The minimum absolute atomic E-state index is 0.0206. The highest BCUT2D eigenvalue weighted by Crippen LogP contribution is 2.38. The predicted molar refractivity (Wildman–Crippen MR) is 167 cm³/mol. The summed E-state index contributed by atoms with van der Waals surface area (Å²) in [5.74, 6) is -1.36. The molecule has 2 aromatic rings. The summed E-state index contributed by atoms with van der Waals surface area (Å²) < 4.78 is 90.4. The van der Waals surface area contributed by atoms with Crippen LogP contribution in [0.15, 0.2) is 88.6 Å². The van der Waals surface area contributed by atoms with Crippen molar-refractivity contribution in [3.05, 3.63) is 116 Å². The van der Waals surface area contributed by atoms with Crippen molar-refractivity contribution in [3.8, 4) is 0 Å². The number of ether oxygens (including phenoxy) is 2. The molecule has 2 aliphatic carbocycles. The molecule has 8 nitrogen and oxygen atoms in total. The summed E-state index contributed by atoms with van der Waals surface area (Å²) in [6.07, 6.45) is -2.11. The molecule has 50 heavy (non-hydrogen) atoms. The lowest BCUT2D eigenvalue weighted by Gasteiger charge is -2.21. The van der Waals surface area contributed by atoms with Gasteiger partial charge in [0, 0.05) is 31.2 Å². The molecular formula is C36H30F6N2O6. The van der Waals surface area contributed by atoms with Gasteiger partial charge in [-0.1, -0.05) is 30.0 Å². The molecule has 5 rings (SSSR count). The number of fused-ring (bicyclic) bond motifs is 1. The molecule has 1 heterocycles. The highest BCUT2D eigenvalue weighted by molar-refractivity contribution is 6.14. The second-order valence-electron chi connectivity index (χ2n) is 11.5. The molecule has 1 aliphatic heterocycles. The Bertz CT molecular complexity index is 1800. The van der Waals surface area contributed by atoms with Gasteiger partial charge in [-0.3, -0.25) is 14.4 Å². The number of nitrogens with one attached hydrogen (secondary N) is 2. The Hall–Kier alpha value is -5.13. The monoisotopic (exact) mass is 700 g/mol. The minimum Gasteiger partial charge on any atom is -0.476 e. The number of hydrogen-bond acceptors (Lipinski definition) is 6. The molecular weight excluding hydrogens is 670 g/mol. The van der Waals surface area contributed by atoms with E-state index in [9.17, 15) is 40.7 Å². The van der Waals surface area contributed by atoms with E-state index in [0.717, 1.165) is 30.0 Å². The van der Waals surface area contributed by atoms with E-state index in [1.165, 1.54) is 12.2 Å². The third kappa shape index (κ3) is 9.96. The maximum Gasteiger partial charge on any atom is 0.416 e.